The Labute approximate surface area is 103 Å². The molecule has 1 atom stereocenters. The molecule has 2 nitrogen and oxygen atoms in total. The van der Waals surface area contributed by atoms with E-state index in [-0.39, 0.29) is 0 Å². The molecule has 0 aliphatic heterocycles. The molecule has 2 aromatic rings. The molecule has 0 spiro atoms. The SMILES string of the molecule is N#Cc1ccc(CS(=O)c2ccccc2)cc1. The highest BCUT2D eigenvalue weighted by Crippen LogP contribution is 2.12. The highest BCUT2D eigenvalue weighted by Gasteiger charge is 2.04. The summed E-state index contributed by atoms with van der Waals surface area (Å²) in [5.41, 5.74) is 1.60. The van der Waals surface area contributed by atoms with Crippen LogP contribution in [0.3, 0.4) is 0 Å². The highest BCUT2D eigenvalue weighted by molar-refractivity contribution is 7.84. The van der Waals surface area contributed by atoms with Gasteiger partial charge in [0.15, 0.2) is 0 Å². The smallest absolute Gasteiger partial charge is 0.0991 e. The zero-order valence-corrected chi connectivity index (χ0v) is 9.98. The molecule has 0 bridgehead atoms. The van der Waals surface area contributed by atoms with Gasteiger partial charge in [-0.2, -0.15) is 5.26 Å². The first-order valence-electron chi connectivity index (χ1n) is 5.22. The van der Waals surface area contributed by atoms with Gasteiger partial charge in [0.25, 0.3) is 0 Å². The molecule has 17 heavy (non-hydrogen) atoms. The molecule has 0 amide bonds. The summed E-state index contributed by atoms with van der Waals surface area (Å²) in [4.78, 5) is 0.830. The average Bonchev–Trinajstić information content (AvgIpc) is 2.40. The number of benzene rings is 2. The lowest BCUT2D eigenvalue weighted by molar-refractivity contribution is 0.682. The lowest BCUT2D eigenvalue weighted by atomic mass is 10.2. The predicted molar refractivity (Wildman–Crippen MR) is 67.7 cm³/mol. The molecule has 0 saturated heterocycles. The van der Waals surface area contributed by atoms with Crippen LogP contribution in [0, 0.1) is 11.3 Å². The van der Waals surface area contributed by atoms with Crippen LogP contribution in [0.4, 0.5) is 0 Å². The second-order valence-electron chi connectivity index (χ2n) is 3.61. The van der Waals surface area contributed by atoms with Crippen molar-refractivity contribution >= 4 is 10.8 Å². The molecular formula is C14H11NOS. The fourth-order valence-electron chi connectivity index (χ4n) is 1.48. The maximum Gasteiger partial charge on any atom is 0.0991 e. The Kier molecular flexibility index (Phi) is 3.69. The number of nitriles is 1. The molecule has 0 aliphatic carbocycles. The van der Waals surface area contributed by atoms with Crippen LogP contribution >= 0.6 is 0 Å². The molecular weight excluding hydrogens is 230 g/mol. The van der Waals surface area contributed by atoms with Crippen molar-refractivity contribution < 1.29 is 4.21 Å². The number of hydrogen-bond acceptors (Lipinski definition) is 2. The van der Waals surface area contributed by atoms with Crippen LogP contribution in [0.15, 0.2) is 59.5 Å². The van der Waals surface area contributed by atoms with Gasteiger partial charge in [0.05, 0.1) is 28.2 Å². The van der Waals surface area contributed by atoms with Gasteiger partial charge in [-0.05, 0) is 29.8 Å². The first-order chi connectivity index (χ1) is 8.29. The summed E-state index contributed by atoms with van der Waals surface area (Å²) >= 11 is 0. The third-order valence-electron chi connectivity index (χ3n) is 2.39. The first kappa shape index (κ1) is 11.6. The number of nitrogens with zero attached hydrogens (tertiary/aromatic N) is 1. The van der Waals surface area contributed by atoms with Gasteiger partial charge >= 0.3 is 0 Å². The van der Waals surface area contributed by atoms with Crippen LogP contribution in [0.2, 0.25) is 0 Å². The van der Waals surface area contributed by atoms with Crippen molar-refractivity contribution in [2.24, 2.45) is 0 Å². The Hall–Kier alpha value is -1.92. The van der Waals surface area contributed by atoms with Crippen molar-refractivity contribution in [2.75, 3.05) is 0 Å². The Morgan fingerprint density at radius 3 is 2.24 bits per heavy atom. The van der Waals surface area contributed by atoms with E-state index in [0.29, 0.717) is 11.3 Å². The van der Waals surface area contributed by atoms with Crippen molar-refractivity contribution in [1.29, 1.82) is 5.26 Å². The normalized spacial score (nSPS) is 11.7. The van der Waals surface area contributed by atoms with Crippen molar-refractivity contribution in [2.45, 2.75) is 10.6 Å². The fourth-order valence-corrected chi connectivity index (χ4v) is 2.61. The molecule has 0 fully saturated rings. The molecule has 2 aromatic carbocycles. The van der Waals surface area contributed by atoms with E-state index in [0.717, 1.165) is 10.5 Å². The van der Waals surface area contributed by atoms with Crippen molar-refractivity contribution in [3.05, 3.63) is 65.7 Å². The lowest BCUT2D eigenvalue weighted by Crippen LogP contribution is -1.96. The summed E-state index contributed by atoms with van der Waals surface area (Å²) in [5, 5.41) is 8.68. The van der Waals surface area contributed by atoms with Crippen molar-refractivity contribution in [3.63, 3.8) is 0 Å². The van der Waals surface area contributed by atoms with E-state index in [1.807, 2.05) is 42.5 Å². The fraction of sp³-hybridized carbons (Fsp3) is 0.0714. The van der Waals surface area contributed by atoms with E-state index in [9.17, 15) is 4.21 Å². The Morgan fingerprint density at radius 2 is 1.65 bits per heavy atom. The summed E-state index contributed by atoms with van der Waals surface area (Å²) in [6, 6.07) is 18.6. The van der Waals surface area contributed by atoms with Gasteiger partial charge in [-0.15, -0.1) is 0 Å². The molecule has 1 unspecified atom stereocenters. The molecule has 0 aromatic heterocycles. The third-order valence-corrected chi connectivity index (χ3v) is 3.78. The second kappa shape index (κ2) is 5.42. The standard InChI is InChI=1S/C14H11NOS/c15-10-12-6-8-13(9-7-12)11-17(16)14-4-2-1-3-5-14/h1-9H,11H2. The summed E-state index contributed by atoms with van der Waals surface area (Å²) in [7, 11) is -1.03. The zero-order chi connectivity index (χ0) is 12.1. The molecule has 0 heterocycles. The maximum atomic E-state index is 12.0. The van der Waals surface area contributed by atoms with E-state index in [2.05, 4.69) is 6.07 Å². The molecule has 2 rings (SSSR count). The van der Waals surface area contributed by atoms with Crippen LogP contribution < -0.4 is 0 Å². The minimum absolute atomic E-state index is 0.482. The average molecular weight is 241 g/mol. The van der Waals surface area contributed by atoms with Crippen LogP contribution in [0.1, 0.15) is 11.1 Å². The van der Waals surface area contributed by atoms with Crippen LogP contribution in [-0.2, 0) is 16.6 Å². The monoisotopic (exact) mass is 241 g/mol. The summed E-state index contributed by atoms with van der Waals surface area (Å²) in [6.45, 7) is 0. The van der Waals surface area contributed by atoms with E-state index in [4.69, 9.17) is 5.26 Å². The van der Waals surface area contributed by atoms with Crippen LogP contribution in [0.5, 0.6) is 0 Å². The summed E-state index contributed by atoms with van der Waals surface area (Å²) < 4.78 is 12.0. The van der Waals surface area contributed by atoms with Gasteiger partial charge in [-0.25, -0.2) is 0 Å². The van der Waals surface area contributed by atoms with E-state index in [1.165, 1.54) is 0 Å². The molecule has 0 radical (unpaired) electrons. The van der Waals surface area contributed by atoms with Gasteiger partial charge in [0.2, 0.25) is 0 Å². The van der Waals surface area contributed by atoms with Gasteiger partial charge in [0.1, 0.15) is 0 Å². The van der Waals surface area contributed by atoms with E-state index < -0.39 is 10.8 Å². The Bertz CT molecular complexity index is 555. The first-order valence-corrected chi connectivity index (χ1v) is 6.54. The van der Waals surface area contributed by atoms with Crippen LogP contribution in [-0.4, -0.2) is 4.21 Å². The zero-order valence-electron chi connectivity index (χ0n) is 9.17. The van der Waals surface area contributed by atoms with Crippen molar-refractivity contribution in [3.8, 4) is 6.07 Å². The molecule has 84 valence electrons. The van der Waals surface area contributed by atoms with Gasteiger partial charge in [0, 0.05) is 4.90 Å². The minimum atomic E-state index is -1.03. The second-order valence-corrected chi connectivity index (χ2v) is 5.06. The predicted octanol–water partition coefficient (Wildman–Crippen LogP) is 2.87. The van der Waals surface area contributed by atoms with Crippen molar-refractivity contribution in [1.82, 2.24) is 0 Å². The minimum Gasteiger partial charge on any atom is -0.254 e. The van der Waals surface area contributed by atoms with E-state index >= 15 is 0 Å². The molecule has 3 heteroatoms. The summed E-state index contributed by atoms with van der Waals surface area (Å²) in [6.07, 6.45) is 0. The highest BCUT2D eigenvalue weighted by atomic mass is 32.2. The third kappa shape index (κ3) is 3.02. The summed E-state index contributed by atoms with van der Waals surface area (Å²) in [5.74, 6) is 0.482. The lowest BCUT2D eigenvalue weighted by Gasteiger charge is -2.02. The number of hydrogen-bond donors (Lipinski definition) is 0. The maximum absolute atomic E-state index is 12.0. The van der Waals surface area contributed by atoms with Crippen LogP contribution in [0.25, 0.3) is 0 Å². The number of rotatable bonds is 3. The Balaban J connectivity index is 2.11. The van der Waals surface area contributed by atoms with E-state index in [1.54, 1.807) is 12.1 Å². The largest absolute Gasteiger partial charge is 0.254 e. The Morgan fingerprint density at radius 1 is 1.00 bits per heavy atom. The molecule has 0 saturated carbocycles. The topological polar surface area (TPSA) is 40.9 Å². The quantitative estimate of drug-likeness (QED) is 0.829. The molecule has 0 N–H and O–H groups in total. The molecule has 0 aliphatic rings. The van der Waals surface area contributed by atoms with Gasteiger partial charge in [-0.3, -0.25) is 4.21 Å². The van der Waals surface area contributed by atoms with Gasteiger partial charge < -0.3 is 0 Å². The van der Waals surface area contributed by atoms with Gasteiger partial charge in [-0.1, -0.05) is 30.3 Å².